The minimum atomic E-state index is -2.81. The van der Waals surface area contributed by atoms with Crippen molar-refractivity contribution in [1.82, 2.24) is 0 Å². The molecule has 2 nitrogen and oxygen atoms in total. The van der Waals surface area contributed by atoms with E-state index in [2.05, 4.69) is 0 Å². The first-order chi connectivity index (χ1) is 8.35. The van der Waals surface area contributed by atoms with Crippen LogP contribution in [0.5, 0.6) is 5.75 Å². The van der Waals surface area contributed by atoms with Gasteiger partial charge in [0.25, 0.3) is 0 Å². The number of hydrogen-bond donors (Lipinski definition) is 1. The molecule has 1 aromatic rings. The van der Waals surface area contributed by atoms with E-state index in [0.29, 0.717) is 0 Å². The van der Waals surface area contributed by atoms with Gasteiger partial charge >= 0.3 is 0 Å². The van der Waals surface area contributed by atoms with Gasteiger partial charge in [-0.2, -0.15) is 4.39 Å². The second-order valence-corrected chi connectivity index (χ2v) is 4.64. The van der Waals surface area contributed by atoms with Crippen LogP contribution in [0.25, 0.3) is 0 Å². The predicted molar refractivity (Wildman–Crippen MR) is 57.8 cm³/mol. The molecule has 0 unspecified atom stereocenters. The molecule has 1 fully saturated rings. The van der Waals surface area contributed by atoms with Gasteiger partial charge in [-0.15, -0.1) is 0 Å². The lowest BCUT2D eigenvalue weighted by Crippen LogP contribution is -2.53. The quantitative estimate of drug-likeness (QED) is 0.851. The Hall–Kier alpha value is -1.30. The maximum atomic E-state index is 13.6. The molecule has 0 radical (unpaired) electrons. The number of alkyl halides is 2. The summed E-state index contributed by atoms with van der Waals surface area (Å²) in [4.78, 5) is 0. The highest BCUT2D eigenvalue weighted by molar-refractivity contribution is 5.44. The Balaban J connectivity index is 2.48. The van der Waals surface area contributed by atoms with Gasteiger partial charge < -0.3 is 10.5 Å². The highest BCUT2D eigenvalue weighted by Gasteiger charge is 2.57. The summed E-state index contributed by atoms with van der Waals surface area (Å²) in [6.45, 7) is -0.0655. The third-order valence-electron chi connectivity index (χ3n) is 3.41. The Labute approximate surface area is 102 Å². The molecule has 1 aromatic carbocycles. The van der Waals surface area contributed by atoms with Crippen LogP contribution in [0.2, 0.25) is 0 Å². The molecule has 2 rings (SSSR count). The second-order valence-electron chi connectivity index (χ2n) is 4.64. The lowest BCUT2D eigenvalue weighted by molar-refractivity contribution is -0.124. The number of halogens is 4. The van der Waals surface area contributed by atoms with Crippen LogP contribution in [0.15, 0.2) is 12.1 Å². The topological polar surface area (TPSA) is 35.2 Å². The van der Waals surface area contributed by atoms with Gasteiger partial charge in [0.15, 0.2) is 11.6 Å². The molecule has 0 spiro atoms. The van der Waals surface area contributed by atoms with Gasteiger partial charge in [-0.3, -0.25) is 0 Å². The fraction of sp³-hybridized carbons (Fsp3) is 0.500. The Morgan fingerprint density at radius 3 is 2.33 bits per heavy atom. The van der Waals surface area contributed by atoms with Gasteiger partial charge in [-0.25, -0.2) is 13.2 Å². The summed E-state index contributed by atoms with van der Waals surface area (Å²) in [5, 5.41) is 0. The SMILES string of the molecule is COc1c(C2(CN)CC(F)(F)C2)ccc(F)c1F. The fourth-order valence-electron chi connectivity index (χ4n) is 2.53. The van der Waals surface area contributed by atoms with Crippen LogP contribution in [0.3, 0.4) is 0 Å². The fourth-order valence-corrected chi connectivity index (χ4v) is 2.53. The molecule has 6 heteroatoms. The monoisotopic (exact) mass is 263 g/mol. The maximum Gasteiger partial charge on any atom is 0.250 e. The Morgan fingerprint density at radius 1 is 1.28 bits per heavy atom. The zero-order chi connectivity index (χ0) is 13.6. The molecule has 18 heavy (non-hydrogen) atoms. The van der Waals surface area contributed by atoms with Crippen molar-refractivity contribution in [3.63, 3.8) is 0 Å². The van der Waals surface area contributed by atoms with E-state index in [1.165, 1.54) is 13.2 Å². The Bertz CT molecular complexity index is 467. The van der Waals surface area contributed by atoms with Crippen LogP contribution >= 0.6 is 0 Å². The molecule has 0 heterocycles. The molecule has 0 aromatic heterocycles. The molecule has 0 amide bonds. The van der Waals surface area contributed by atoms with Crippen molar-refractivity contribution in [3.05, 3.63) is 29.3 Å². The summed E-state index contributed by atoms with van der Waals surface area (Å²) in [6, 6.07) is 2.17. The zero-order valence-corrected chi connectivity index (χ0v) is 9.77. The van der Waals surface area contributed by atoms with Crippen LogP contribution in [0.1, 0.15) is 18.4 Å². The summed E-state index contributed by atoms with van der Waals surface area (Å²) in [7, 11) is 1.17. The largest absolute Gasteiger partial charge is 0.493 e. The normalized spacial score (nSPS) is 20.3. The molecule has 0 aliphatic heterocycles. The van der Waals surface area contributed by atoms with Crippen LogP contribution in [0, 0.1) is 11.6 Å². The van der Waals surface area contributed by atoms with E-state index >= 15 is 0 Å². The second kappa shape index (κ2) is 4.12. The first-order valence-electron chi connectivity index (χ1n) is 5.46. The number of methoxy groups -OCH3 is 1. The third kappa shape index (κ3) is 1.84. The number of hydrogen-bond acceptors (Lipinski definition) is 2. The summed E-state index contributed by atoms with van der Waals surface area (Å²) >= 11 is 0. The lowest BCUT2D eigenvalue weighted by atomic mass is 9.62. The summed E-state index contributed by atoms with van der Waals surface area (Å²) in [5.74, 6) is -5.39. The standard InChI is InChI=1S/C12H13F4NO/c1-18-10-7(2-3-8(13)9(10)14)11(6-17)4-12(15,16)5-11/h2-3H,4-6,17H2,1H3. The summed E-state index contributed by atoms with van der Waals surface area (Å²) in [5.41, 5.74) is 4.70. The van der Waals surface area contributed by atoms with Crippen molar-refractivity contribution >= 4 is 0 Å². The van der Waals surface area contributed by atoms with E-state index in [-0.39, 0.29) is 17.9 Å². The van der Waals surface area contributed by atoms with E-state index in [4.69, 9.17) is 10.5 Å². The van der Waals surface area contributed by atoms with Crippen molar-refractivity contribution in [1.29, 1.82) is 0 Å². The first kappa shape index (κ1) is 13.1. The van der Waals surface area contributed by atoms with E-state index in [0.717, 1.165) is 6.07 Å². The van der Waals surface area contributed by atoms with Gasteiger partial charge in [0.05, 0.1) is 7.11 Å². The van der Waals surface area contributed by atoms with Crippen molar-refractivity contribution in [2.45, 2.75) is 24.2 Å². The van der Waals surface area contributed by atoms with Crippen molar-refractivity contribution in [2.24, 2.45) is 5.73 Å². The highest BCUT2D eigenvalue weighted by Crippen LogP contribution is 2.55. The number of benzene rings is 1. The minimum absolute atomic E-state index is 0.0655. The van der Waals surface area contributed by atoms with Crippen molar-refractivity contribution in [2.75, 3.05) is 13.7 Å². The third-order valence-corrected chi connectivity index (χ3v) is 3.41. The highest BCUT2D eigenvalue weighted by atomic mass is 19.3. The average molecular weight is 263 g/mol. The molecule has 1 saturated carbocycles. The smallest absolute Gasteiger partial charge is 0.250 e. The predicted octanol–water partition coefficient (Wildman–Crippen LogP) is 2.60. The van der Waals surface area contributed by atoms with Crippen LogP contribution < -0.4 is 10.5 Å². The molecule has 0 saturated heterocycles. The lowest BCUT2D eigenvalue weighted by Gasteiger charge is -2.47. The number of nitrogens with two attached hydrogens (primary N) is 1. The Morgan fingerprint density at radius 2 is 1.89 bits per heavy atom. The van der Waals surface area contributed by atoms with E-state index < -0.39 is 35.8 Å². The van der Waals surface area contributed by atoms with Gasteiger partial charge in [0, 0.05) is 30.4 Å². The molecule has 1 aliphatic carbocycles. The molecule has 2 N–H and O–H groups in total. The molecule has 1 aliphatic rings. The molecule has 0 bridgehead atoms. The van der Waals surface area contributed by atoms with E-state index in [1.807, 2.05) is 0 Å². The van der Waals surface area contributed by atoms with Gasteiger partial charge in [-0.05, 0) is 6.07 Å². The summed E-state index contributed by atoms with van der Waals surface area (Å²) in [6.07, 6.45) is -0.949. The molecular weight excluding hydrogens is 250 g/mol. The zero-order valence-electron chi connectivity index (χ0n) is 9.77. The minimum Gasteiger partial charge on any atom is -0.493 e. The van der Waals surface area contributed by atoms with Gasteiger partial charge in [0.1, 0.15) is 0 Å². The van der Waals surface area contributed by atoms with E-state index in [1.54, 1.807) is 0 Å². The van der Waals surface area contributed by atoms with Crippen molar-refractivity contribution < 1.29 is 22.3 Å². The maximum absolute atomic E-state index is 13.6. The molecule has 0 atom stereocenters. The van der Waals surface area contributed by atoms with Crippen LogP contribution in [-0.2, 0) is 5.41 Å². The Kier molecular flexibility index (Phi) is 3.01. The van der Waals surface area contributed by atoms with Crippen LogP contribution in [0.4, 0.5) is 17.6 Å². The summed E-state index contributed by atoms with van der Waals surface area (Å²) < 4.78 is 57.5. The molecule has 100 valence electrons. The van der Waals surface area contributed by atoms with E-state index in [9.17, 15) is 17.6 Å². The average Bonchev–Trinajstić information content (AvgIpc) is 2.28. The first-order valence-corrected chi connectivity index (χ1v) is 5.46. The number of rotatable bonds is 3. The molecular formula is C12H13F4NO. The number of ether oxygens (including phenoxy) is 1. The van der Waals surface area contributed by atoms with Gasteiger partial charge in [-0.1, -0.05) is 6.07 Å². The van der Waals surface area contributed by atoms with Crippen LogP contribution in [-0.4, -0.2) is 19.6 Å². The van der Waals surface area contributed by atoms with Crippen molar-refractivity contribution in [3.8, 4) is 5.75 Å². The van der Waals surface area contributed by atoms with Gasteiger partial charge in [0.2, 0.25) is 11.7 Å².